The van der Waals surface area contributed by atoms with Crippen LogP contribution >= 0.6 is 15.9 Å². The third-order valence-electron chi connectivity index (χ3n) is 3.20. The summed E-state index contributed by atoms with van der Waals surface area (Å²) in [6.45, 7) is 1.65. The van der Waals surface area contributed by atoms with Crippen LogP contribution in [0.4, 0.5) is 10.1 Å². The number of benzene rings is 1. The molecule has 0 saturated heterocycles. The predicted octanol–water partition coefficient (Wildman–Crippen LogP) is 2.66. The van der Waals surface area contributed by atoms with Crippen molar-refractivity contribution >= 4 is 21.6 Å². The van der Waals surface area contributed by atoms with E-state index >= 15 is 0 Å². The smallest absolute Gasteiger partial charge is 0.160 e. The number of nitrogens with zero attached hydrogens (tertiary/aromatic N) is 1. The van der Waals surface area contributed by atoms with Crippen molar-refractivity contribution in [2.75, 3.05) is 25.2 Å². The number of methoxy groups -OCH3 is 1. The topological polar surface area (TPSA) is 38.5 Å². The van der Waals surface area contributed by atoms with Crippen LogP contribution in [0.3, 0.4) is 0 Å². The molecule has 0 unspecified atom stereocenters. The molecule has 0 aromatic heterocycles. The highest BCUT2D eigenvalue weighted by atomic mass is 79.9. The van der Waals surface area contributed by atoms with Crippen LogP contribution in [0.1, 0.15) is 18.4 Å². The minimum absolute atomic E-state index is 0.221. The molecule has 0 heterocycles. The lowest BCUT2D eigenvalue weighted by atomic mass is 10.2. The van der Waals surface area contributed by atoms with Gasteiger partial charge in [0.25, 0.3) is 0 Å². The molecule has 100 valence electrons. The summed E-state index contributed by atoms with van der Waals surface area (Å²) < 4.78 is 19.9. The number of ether oxygens (including phenoxy) is 1. The maximum atomic E-state index is 14.3. The second-order valence-electron chi connectivity index (χ2n) is 4.49. The molecule has 5 heteroatoms. The maximum absolute atomic E-state index is 14.3. The second-order valence-corrected chi connectivity index (χ2v) is 5.29. The Hall–Kier alpha value is -0.650. The number of hydrogen-bond acceptors (Lipinski definition) is 3. The van der Waals surface area contributed by atoms with Crippen molar-refractivity contribution in [3.8, 4) is 0 Å². The first-order valence-corrected chi connectivity index (χ1v) is 6.90. The normalized spacial score (nSPS) is 14.9. The molecule has 0 aliphatic heterocycles. The van der Waals surface area contributed by atoms with Crippen LogP contribution in [-0.2, 0) is 11.3 Å². The molecule has 0 bridgehead atoms. The van der Waals surface area contributed by atoms with E-state index in [4.69, 9.17) is 10.5 Å². The molecule has 0 radical (unpaired) electrons. The molecular weight excluding hydrogens is 299 g/mol. The van der Waals surface area contributed by atoms with Gasteiger partial charge in [-0.05, 0) is 40.4 Å². The van der Waals surface area contributed by atoms with Gasteiger partial charge >= 0.3 is 0 Å². The van der Waals surface area contributed by atoms with E-state index in [-0.39, 0.29) is 5.82 Å². The number of rotatable bonds is 6. The zero-order chi connectivity index (χ0) is 13.1. The van der Waals surface area contributed by atoms with Gasteiger partial charge in [-0.1, -0.05) is 6.07 Å². The monoisotopic (exact) mass is 316 g/mol. The first kappa shape index (κ1) is 13.8. The minimum Gasteiger partial charge on any atom is -0.383 e. The van der Waals surface area contributed by atoms with Gasteiger partial charge < -0.3 is 15.4 Å². The third-order valence-corrected chi connectivity index (χ3v) is 4.05. The summed E-state index contributed by atoms with van der Waals surface area (Å²) in [4.78, 5) is 2.09. The highest BCUT2D eigenvalue weighted by Crippen LogP contribution is 2.36. The zero-order valence-electron chi connectivity index (χ0n) is 10.5. The fourth-order valence-corrected chi connectivity index (χ4v) is 2.53. The summed E-state index contributed by atoms with van der Waals surface area (Å²) in [5.41, 5.74) is 7.00. The summed E-state index contributed by atoms with van der Waals surface area (Å²) in [6, 6.07) is 4.14. The van der Waals surface area contributed by atoms with Crippen molar-refractivity contribution in [3.63, 3.8) is 0 Å². The zero-order valence-corrected chi connectivity index (χ0v) is 12.0. The van der Waals surface area contributed by atoms with Crippen molar-refractivity contribution in [1.29, 1.82) is 0 Å². The fourth-order valence-electron chi connectivity index (χ4n) is 2.03. The molecule has 1 aliphatic rings. The van der Waals surface area contributed by atoms with Gasteiger partial charge in [-0.25, -0.2) is 4.39 Å². The van der Waals surface area contributed by atoms with Crippen LogP contribution in [0.15, 0.2) is 16.6 Å². The molecule has 18 heavy (non-hydrogen) atoms. The van der Waals surface area contributed by atoms with Gasteiger partial charge in [0.1, 0.15) is 0 Å². The van der Waals surface area contributed by atoms with Crippen molar-refractivity contribution < 1.29 is 9.13 Å². The minimum atomic E-state index is -0.221. The van der Waals surface area contributed by atoms with Crippen LogP contribution in [0.2, 0.25) is 0 Å². The van der Waals surface area contributed by atoms with Gasteiger partial charge in [-0.2, -0.15) is 0 Å². The molecular formula is C13H18BrFN2O. The lowest BCUT2D eigenvalue weighted by Crippen LogP contribution is -2.30. The van der Waals surface area contributed by atoms with Gasteiger partial charge in [0, 0.05) is 26.2 Å². The first-order valence-electron chi connectivity index (χ1n) is 6.11. The SMILES string of the molecule is COCCN(c1ccc(CN)c(Br)c1F)C1CC1. The van der Waals surface area contributed by atoms with Crippen LogP contribution in [0, 0.1) is 5.82 Å². The predicted molar refractivity (Wildman–Crippen MR) is 74.2 cm³/mol. The number of nitrogens with two attached hydrogens (primary N) is 1. The lowest BCUT2D eigenvalue weighted by molar-refractivity contribution is 0.204. The van der Waals surface area contributed by atoms with Crippen molar-refractivity contribution in [3.05, 3.63) is 28.0 Å². The molecule has 0 spiro atoms. The number of anilines is 1. The summed E-state index contributed by atoms with van der Waals surface area (Å²) >= 11 is 3.28. The van der Waals surface area contributed by atoms with Crippen molar-refractivity contribution in [2.24, 2.45) is 5.73 Å². The standard InChI is InChI=1S/C13H18BrFN2O/c1-18-7-6-17(10-3-4-10)11-5-2-9(8-16)12(14)13(11)15/h2,5,10H,3-4,6-8,16H2,1H3. The molecule has 3 nitrogen and oxygen atoms in total. The van der Waals surface area contributed by atoms with Crippen LogP contribution in [-0.4, -0.2) is 26.3 Å². The Labute approximate surface area is 115 Å². The first-order chi connectivity index (χ1) is 8.69. The molecule has 0 atom stereocenters. The van der Waals surface area contributed by atoms with E-state index in [1.165, 1.54) is 0 Å². The Kier molecular flexibility index (Phi) is 4.59. The summed E-state index contributed by atoms with van der Waals surface area (Å²) in [6.07, 6.45) is 2.25. The second kappa shape index (κ2) is 5.99. The third kappa shape index (κ3) is 2.84. The Morgan fingerprint density at radius 1 is 1.50 bits per heavy atom. The van der Waals surface area contributed by atoms with Gasteiger partial charge in [0.15, 0.2) is 5.82 Å². The van der Waals surface area contributed by atoms with Crippen LogP contribution in [0.5, 0.6) is 0 Å². The van der Waals surface area contributed by atoms with E-state index in [2.05, 4.69) is 20.8 Å². The van der Waals surface area contributed by atoms with Gasteiger partial charge in [-0.15, -0.1) is 0 Å². The Balaban J connectivity index is 2.27. The largest absolute Gasteiger partial charge is 0.383 e. The average molecular weight is 317 g/mol. The van der Waals surface area contributed by atoms with E-state index in [1.807, 2.05) is 12.1 Å². The Bertz CT molecular complexity index is 424. The molecule has 2 N–H and O–H groups in total. The molecule has 2 rings (SSSR count). The molecule has 0 amide bonds. The summed E-state index contributed by atoms with van der Waals surface area (Å²) in [5, 5.41) is 0. The van der Waals surface area contributed by atoms with Gasteiger partial charge in [0.05, 0.1) is 16.8 Å². The van der Waals surface area contributed by atoms with Crippen molar-refractivity contribution in [2.45, 2.75) is 25.4 Å². The fraction of sp³-hybridized carbons (Fsp3) is 0.538. The highest BCUT2D eigenvalue weighted by molar-refractivity contribution is 9.10. The Morgan fingerprint density at radius 3 is 2.78 bits per heavy atom. The van der Waals surface area contributed by atoms with E-state index in [0.29, 0.717) is 35.9 Å². The molecule has 1 fully saturated rings. The van der Waals surface area contributed by atoms with Gasteiger partial charge in [0.2, 0.25) is 0 Å². The van der Waals surface area contributed by atoms with Gasteiger partial charge in [-0.3, -0.25) is 0 Å². The number of halogens is 2. The number of hydrogen-bond donors (Lipinski definition) is 1. The molecule has 1 aromatic rings. The molecule has 1 saturated carbocycles. The summed E-state index contributed by atoms with van der Waals surface area (Å²) in [7, 11) is 1.66. The molecule has 1 aliphatic carbocycles. The quantitative estimate of drug-likeness (QED) is 0.877. The van der Waals surface area contributed by atoms with Crippen molar-refractivity contribution in [1.82, 2.24) is 0 Å². The van der Waals surface area contributed by atoms with Crippen LogP contribution in [0.25, 0.3) is 0 Å². The molecule has 1 aromatic carbocycles. The van der Waals surface area contributed by atoms with E-state index in [0.717, 1.165) is 18.4 Å². The average Bonchev–Trinajstić information content (AvgIpc) is 3.19. The Morgan fingerprint density at radius 2 is 2.22 bits per heavy atom. The lowest BCUT2D eigenvalue weighted by Gasteiger charge is -2.25. The van der Waals surface area contributed by atoms with Crippen LogP contribution < -0.4 is 10.6 Å². The summed E-state index contributed by atoms with van der Waals surface area (Å²) in [5.74, 6) is -0.221. The van der Waals surface area contributed by atoms with E-state index < -0.39 is 0 Å². The van der Waals surface area contributed by atoms with E-state index in [1.54, 1.807) is 7.11 Å². The maximum Gasteiger partial charge on any atom is 0.160 e. The van der Waals surface area contributed by atoms with E-state index in [9.17, 15) is 4.39 Å². The highest BCUT2D eigenvalue weighted by Gasteiger charge is 2.31.